The van der Waals surface area contributed by atoms with Gasteiger partial charge in [0.25, 0.3) is 5.91 Å². The first-order valence-corrected chi connectivity index (χ1v) is 15.5. The third-order valence-corrected chi connectivity index (χ3v) is 7.75. The molecule has 1 aliphatic rings. The van der Waals surface area contributed by atoms with Gasteiger partial charge < -0.3 is 33.6 Å². The van der Waals surface area contributed by atoms with E-state index in [0.29, 0.717) is 50.0 Å². The summed E-state index contributed by atoms with van der Waals surface area (Å²) in [6.07, 6.45) is 2.89. The molecule has 2 aromatic rings. The van der Waals surface area contributed by atoms with Crippen LogP contribution in [0, 0.1) is 5.92 Å². The lowest BCUT2D eigenvalue weighted by Crippen LogP contribution is -2.55. The van der Waals surface area contributed by atoms with Gasteiger partial charge in [-0.25, -0.2) is 4.79 Å². The van der Waals surface area contributed by atoms with Crippen LogP contribution in [0.15, 0.2) is 48.5 Å². The minimum Gasteiger partial charge on any atom is -0.493 e. The number of hydrogen-bond acceptors (Lipinski definition) is 7. The van der Waals surface area contributed by atoms with E-state index >= 15 is 0 Å². The van der Waals surface area contributed by atoms with Gasteiger partial charge in [0.1, 0.15) is 0 Å². The Labute approximate surface area is 258 Å². The number of hydrogen-bond donors (Lipinski definition) is 0. The molecule has 2 atom stereocenters. The summed E-state index contributed by atoms with van der Waals surface area (Å²) >= 11 is 0. The van der Waals surface area contributed by atoms with Crippen molar-refractivity contribution in [2.75, 3.05) is 60.2 Å². The summed E-state index contributed by atoms with van der Waals surface area (Å²) in [5, 5.41) is 0. The second-order valence-corrected chi connectivity index (χ2v) is 11.6. The highest BCUT2D eigenvalue weighted by atomic mass is 16.6. The largest absolute Gasteiger partial charge is 0.493 e. The van der Waals surface area contributed by atoms with E-state index in [0.717, 1.165) is 38.8 Å². The van der Waals surface area contributed by atoms with Crippen molar-refractivity contribution in [2.24, 2.45) is 5.92 Å². The molecule has 236 valence electrons. The van der Waals surface area contributed by atoms with Gasteiger partial charge in [-0.2, -0.15) is 0 Å². The molecule has 1 saturated heterocycles. The van der Waals surface area contributed by atoms with Crippen molar-refractivity contribution < 1.29 is 28.5 Å². The summed E-state index contributed by atoms with van der Waals surface area (Å²) in [5.74, 6) is 1.20. The molecule has 2 amide bonds. The first-order chi connectivity index (χ1) is 20.8. The fourth-order valence-electron chi connectivity index (χ4n) is 5.76. The normalized spacial score (nSPS) is 17.0. The van der Waals surface area contributed by atoms with E-state index in [4.69, 9.17) is 18.9 Å². The molecule has 43 heavy (non-hydrogen) atoms. The number of ether oxygens (including phenoxy) is 4. The summed E-state index contributed by atoms with van der Waals surface area (Å²) in [6, 6.07) is 15.5. The smallest absolute Gasteiger partial charge is 0.409 e. The molecule has 2 aromatic carbocycles. The minimum absolute atomic E-state index is 0.0154. The quantitative estimate of drug-likeness (QED) is 0.212. The average molecular weight is 596 g/mol. The van der Waals surface area contributed by atoms with E-state index in [1.54, 1.807) is 37.3 Å². The maximum Gasteiger partial charge on any atom is 0.409 e. The third-order valence-electron chi connectivity index (χ3n) is 7.75. The van der Waals surface area contributed by atoms with Crippen LogP contribution in [-0.2, 0) is 15.9 Å². The maximum atomic E-state index is 13.9. The predicted octanol–water partition coefficient (Wildman–Crippen LogP) is 4.29. The SMILES string of the molecule is BN1CC(COC(=O)N(CCC)CCc2ccccc2)CC(N(C(=O)c2ccc(OC)c(OCCCOC)c2)C(C)C)C1. The van der Waals surface area contributed by atoms with E-state index in [1.165, 1.54) is 5.56 Å². The van der Waals surface area contributed by atoms with Gasteiger partial charge in [-0.1, -0.05) is 37.3 Å². The van der Waals surface area contributed by atoms with Gasteiger partial charge in [-0.05, 0) is 63.4 Å². The second kappa shape index (κ2) is 17.8. The third kappa shape index (κ3) is 10.5. The number of amides is 2. The first kappa shape index (κ1) is 34.3. The van der Waals surface area contributed by atoms with Gasteiger partial charge >= 0.3 is 6.09 Å². The van der Waals surface area contributed by atoms with Gasteiger partial charge in [0.2, 0.25) is 0 Å². The van der Waals surface area contributed by atoms with Crippen LogP contribution < -0.4 is 9.47 Å². The highest BCUT2D eigenvalue weighted by Gasteiger charge is 2.34. The highest BCUT2D eigenvalue weighted by molar-refractivity contribution is 6.04. The van der Waals surface area contributed by atoms with Crippen LogP contribution in [0.3, 0.4) is 0 Å². The van der Waals surface area contributed by atoms with Crippen molar-refractivity contribution >= 4 is 20.0 Å². The Bertz CT molecular complexity index is 1130. The fraction of sp³-hybridized carbons (Fsp3) is 0.576. The Hall–Kier alpha value is -3.24. The fourth-order valence-corrected chi connectivity index (χ4v) is 5.76. The summed E-state index contributed by atoms with van der Waals surface area (Å²) in [4.78, 5) is 33.0. The van der Waals surface area contributed by atoms with Crippen LogP contribution in [-0.4, -0.2) is 107 Å². The molecule has 0 aliphatic carbocycles. The molecule has 1 fully saturated rings. The molecule has 10 heteroatoms. The molecule has 0 spiro atoms. The Morgan fingerprint density at radius 2 is 1.79 bits per heavy atom. The van der Waals surface area contributed by atoms with Crippen molar-refractivity contribution in [2.45, 2.75) is 58.5 Å². The number of methoxy groups -OCH3 is 2. The molecule has 1 aliphatic heterocycles. The standard InChI is InChI=1S/C33H50BN3O6/c1-6-16-35(17-15-26-11-8-7-9-12-26)33(39)43-24-27-20-29(23-36(34)22-27)37(25(2)3)32(38)28-13-14-30(41-5)31(21-28)42-19-10-18-40-4/h7-9,11-14,21,25,27,29H,6,10,15-20,22-24,34H2,1-5H3. The topological polar surface area (TPSA) is 80.8 Å². The zero-order valence-electron chi connectivity index (χ0n) is 26.9. The summed E-state index contributed by atoms with van der Waals surface area (Å²) in [7, 11) is 5.31. The minimum atomic E-state index is -0.268. The van der Waals surface area contributed by atoms with Crippen molar-refractivity contribution in [1.82, 2.24) is 14.6 Å². The van der Waals surface area contributed by atoms with Crippen molar-refractivity contribution in [3.63, 3.8) is 0 Å². The molecular weight excluding hydrogens is 545 g/mol. The predicted molar refractivity (Wildman–Crippen MR) is 172 cm³/mol. The Morgan fingerprint density at radius 1 is 1.02 bits per heavy atom. The van der Waals surface area contributed by atoms with Crippen LogP contribution in [0.5, 0.6) is 11.5 Å². The van der Waals surface area contributed by atoms with Crippen LogP contribution in [0.25, 0.3) is 0 Å². The van der Waals surface area contributed by atoms with Gasteiger partial charge in [0.15, 0.2) is 19.5 Å². The number of carbonyl (C=O) groups is 2. The number of piperidine rings is 1. The van der Waals surface area contributed by atoms with Gasteiger partial charge in [0.05, 0.1) is 20.3 Å². The lowest BCUT2D eigenvalue weighted by atomic mass is 9.90. The molecule has 2 unspecified atom stereocenters. The second-order valence-electron chi connectivity index (χ2n) is 11.6. The van der Waals surface area contributed by atoms with E-state index in [9.17, 15) is 9.59 Å². The zero-order chi connectivity index (χ0) is 31.2. The number of nitrogens with zero attached hydrogens (tertiary/aromatic N) is 3. The van der Waals surface area contributed by atoms with Crippen molar-refractivity contribution in [1.29, 1.82) is 0 Å². The molecule has 0 radical (unpaired) electrons. The summed E-state index contributed by atoms with van der Waals surface area (Å²) < 4.78 is 22.4. The summed E-state index contributed by atoms with van der Waals surface area (Å²) in [5.41, 5.74) is 1.76. The summed E-state index contributed by atoms with van der Waals surface area (Å²) in [6.45, 7) is 10.4. The molecule has 0 aromatic heterocycles. The Morgan fingerprint density at radius 3 is 2.47 bits per heavy atom. The van der Waals surface area contributed by atoms with Crippen LogP contribution >= 0.6 is 0 Å². The molecule has 3 rings (SSSR count). The monoisotopic (exact) mass is 595 g/mol. The lowest BCUT2D eigenvalue weighted by molar-refractivity contribution is 0.0330. The van der Waals surface area contributed by atoms with Crippen LogP contribution in [0.1, 0.15) is 56.0 Å². The first-order valence-electron chi connectivity index (χ1n) is 15.5. The number of rotatable bonds is 16. The highest BCUT2D eigenvalue weighted by Crippen LogP contribution is 2.30. The molecular formula is C33H50BN3O6. The Kier molecular flexibility index (Phi) is 14.2. The van der Waals surface area contributed by atoms with Crippen LogP contribution in [0.4, 0.5) is 4.79 Å². The van der Waals surface area contributed by atoms with Crippen LogP contribution in [0.2, 0.25) is 0 Å². The van der Waals surface area contributed by atoms with E-state index in [2.05, 4.69) is 31.8 Å². The van der Waals surface area contributed by atoms with Crippen molar-refractivity contribution in [3.05, 3.63) is 59.7 Å². The molecule has 0 bridgehead atoms. The average Bonchev–Trinajstić information content (AvgIpc) is 3.00. The molecule has 0 saturated carbocycles. The maximum absolute atomic E-state index is 13.9. The molecule has 0 N–H and O–H groups in total. The van der Waals surface area contributed by atoms with E-state index in [1.807, 2.05) is 36.9 Å². The molecule has 1 heterocycles. The lowest BCUT2D eigenvalue weighted by Gasteiger charge is -2.43. The van der Waals surface area contributed by atoms with Crippen molar-refractivity contribution in [3.8, 4) is 11.5 Å². The number of carbonyl (C=O) groups excluding carboxylic acids is 2. The van der Waals surface area contributed by atoms with E-state index < -0.39 is 0 Å². The van der Waals surface area contributed by atoms with E-state index in [-0.39, 0.29) is 30.0 Å². The van der Waals surface area contributed by atoms with Gasteiger partial charge in [0, 0.05) is 63.3 Å². The molecule has 9 nitrogen and oxygen atoms in total. The van der Waals surface area contributed by atoms with Gasteiger partial charge in [-0.15, -0.1) is 0 Å². The van der Waals surface area contributed by atoms with Gasteiger partial charge in [-0.3, -0.25) is 4.79 Å². The Balaban J connectivity index is 1.65. The number of benzene rings is 2. The zero-order valence-corrected chi connectivity index (χ0v) is 26.9.